The quantitative estimate of drug-likeness (QED) is 0.876. The summed E-state index contributed by atoms with van der Waals surface area (Å²) in [6, 6.07) is 5.43. The van der Waals surface area contributed by atoms with Crippen molar-refractivity contribution in [2.24, 2.45) is 0 Å². The molecule has 0 spiro atoms. The van der Waals surface area contributed by atoms with Crippen LogP contribution in [0.4, 0.5) is 0 Å². The average Bonchev–Trinajstić information content (AvgIpc) is 2.61. The Morgan fingerprint density at radius 1 is 1.33 bits per heavy atom. The first-order valence-corrected chi connectivity index (χ1v) is 7.78. The maximum atomic E-state index is 12.1. The molecule has 18 heavy (non-hydrogen) atoms. The second-order valence-electron chi connectivity index (χ2n) is 4.89. The highest BCUT2D eigenvalue weighted by Gasteiger charge is 2.29. The van der Waals surface area contributed by atoms with E-state index >= 15 is 0 Å². The molecule has 0 radical (unpaired) electrons. The monoisotopic (exact) mass is 267 g/mol. The zero-order chi connectivity index (χ0) is 13.3. The number of sulfone groups is 1. The first-order chi connectivity index (χ1) is 8.37. The molecule has 98 valence electrons. The minimum Gasteiger partial charge on any atom is -0.348 e. The number of rotatable bonds is 2. The second-order valence-corrected chi connectivity index (χ2v) is 7.12. The molecule has 1 aliphatic rings. The van der Waals surface area contributed by atoms with Gasteiger partial charge in [-0.15, -0.1) is 0 Å². The number of nitrogens with one attached hydrogen (secondary N) is 1. The van der Waals surface area contributed by atoms with Crippen molar-refractivity contribution in [3.05, 3.63) is 34.9 Å². The van der Waals surface area contributed by atoms with Gasteiger partial charge in [-0.3, -0.25) is 4.79 Å². The second kappa shape index (κ2) is 4.72. The van der Waals surface area contributed by atoms with E-state index in [-0.39, 0.29) is 23.5 Å². The molecule has 1 aliphatic heterocycles. The van der Waals surface area contributed by atoms with Crippen molar-refractivity contribution in [2.75, 3.05) is 11.5 Å². The summed E-state index contributed by atoms with van der Waals surface area (Å²) in [5.41, 5.74) is 2.54. The number of carbonyl (C=O) groups excluding carboxylic acids is 1. The van der Waals surface area contributed by atoms with Gasteiger partial charge in [0.1, 0.15) is 0 Å². The highest BCUT2D eigenvalue weighted by Crippen LogP contribution is 2.14. The maximum Gasteiger partial charge on any atom is 0.251 e. The number of benzene rings is 1. The summed E-state index contributed by atoms with van der Waals surface area (Å²) in [4.78, 5) is 12.1. The molecular weight excluding hydrogens is 250 g/mol. The lowest BCUT2D eigenvalue weighted by Crippen LogP contribution is -2.35. The van der Waals surface area contributed by atoms with Crippen LogP contribution >= 0.6 is 0 Å². The van der Waals surface area contributed by atoms with Crippen LogP contribution in [0.5, 0.6) is 0 Å². The zero-order valence-electron chi connectivity index (χ0n) is 10.6. The minimum atomic E-state index is -2.96. The molecule has 0 aromatic heterocycles. The van der Waals surface area contributed by atoms with E-state index in [1.807, 2.05) is 32.0 Å². The van der Waals surface area contributed by atoms with Crippen molar-refractivity contribution >= 4 is 15.7 Å². The Morgan fingerprint density at radius 2 is 2.06 bits per heavy atom. The van der Waals surface area contributed by atoms with Crippen LogP contribution in [0.1, 0.15) is 27.9 Å². The zero-order valence-corrected chi connectivity index (χ0v) is 11.4. The van der Waals surface area contributed by atoms with Crippen molar-refractivity contribution < 1.29 is 13.2 Å². The van der Waals surface area contributed by atoms with Crippen molar-refractivity contribution in [1.82, 2.24) is 5.32 Å². The number of hydrogen-bond acceptors (Lipinski definition) is 3. The van der Waals surface area contributed by atoms with E-state index < -0.39 is 9.84 Å². The van der Waals surface area contributed by atoms with E-state index in [0.29, 0.717) is 12.0 Å². The van der Waals surface area contributed by atoms with Crippen LogP contribution < -0.4 is 5.32 Å². The standard InChI is InChI=1S/C13H17NO3S/c1-9-3-4-10(2)12(7-9)13(15)14-11-5-6-18(16,17)8-11/h3-4,7,11H,5-6,8H2,1-2H3,(H,14,15)/t11-/m0/s1. The lowest BCUT2D eigenvalue weighted by Gasteiger charge is -2.12. The van der Waals surface area contributed by atoms with Gasteiger partial charge < -0.3 is 5.32 Å². The Balaban J connectivity index is 2.11. The third-order valence-electron chi connectivity index (χ3n) is 3.21. The molecule has 1 amide bonds. The van der Waals surface area contributed by atoms with Gasteiger partial charge in [0.05, 0.1) is 11.5 Å². The summed E-state index contributed by atoms with van der Waals surface area (Å²) in [5.74, 6) is 0.0484. The highest BCUT2D eigenvalue weighted by molar-refractivity contribution is 7.91. The Kier molecular flexibility index (Phi) is 3.43. The Bertz CT molecular complexity index is 578. The SMILES string of the molecule is Cc1ccc(C)c(C(=O)N[C@H]2CCS(=O)(=O)C2)c1. The number of aryl methyl sites for hydroxylation is 2. The van der Waals surface area contributed by atoms with Crippen molar-refractivity contribution in [3.8, 4) is 0 Å². The van der Waals surface area contributed by atoms with Crippen LogP contribution in [-0.4, -0.2) is 31.9 Å². The van der Waals surface area contributed by atoms with Gasteiger partial charge in [-0.25, -0.2) is 8.42 Å². The number of carbonyl (C=O) groups is 1. The molecule has 1 saturated heterocycles. The lowest BCUT2D eigenvalue weighted by atomic mass is 10.0. The van der Waals surface area contributed by atoms with Crippen molar-refractivity contribution in [1.29, 1.82) is 0 Å². The third-order valence-corrected chi connectivity index (χ3v) is 4.97. The van der Waals surface area contributed by atoms with Gasteiger partial charge in [0.15, 0.2) is 9.84 Å². The van der Waals surface area contributed by atoms with E-state index in [9.17, 15) is 13.2 Å². The molecule has 0 unspecified atom stereocenters. The van der Waals surface area contributed by atoms with E-state index in [2.05, 4.69) is 5.32 Å². The van der Waals surface area contributed by atoms with Crippen molar-refractivity contribution in [3.63, 3.8) is 0 Å². The molecule has 5 heteroatoms. The highest BCUT2D eigenvalue weighted by atomic mass is 32.2. The normalized spacial score (nSPS) is 21.8. The Hall–Kier alpha value is -1.36. The lowest BCUT2D eigenvalue weighted by molar-refractivity contribution is 0.0940. The molecule has 1 N–H and O–H groups in total. The fourth-order valence-corrected chi connectivity index (χ4v) is 3.83. The molecule has 4 nitrogen and oxygen atoms in total. The average molecular weight is 267 g/mol. The predicted octanol–water partition coefficient (Wildman–Crippen LogP) is 1.22. The van der Waals surface area contributed by atoms with Crippen LogP contribution in [-0.2, 0) is 9.84 Å². The predicted molar refractivity (Wildman–Crippen MR) is 70.4 cm³/mol. The van der Waals surface area contributed by atoms with Crippen LogP contribution in [0.2, 0.25) is 0 Å². The first kappa shape index (κ1) is 13.1. The van der Waals surface area contributed by atoms with Crippen LogP contribution in [0.3, 0.4) is 0 Å². The Labute approximate surface area is 107 Å². The number of hydrogen-bond donors (Lipinski definition) is 1. The molecule has 1 fully saturated rings. The third kappa shape index (κ3) is 2.90. The van der Waals surface area contributed by atoms with Crippen LogP contribution in [0, 0.1) is 13.8 Å². The molecule has 0 aliphatic carbocycles. The van der Waals surface area contributed by atoms with Gasteiger partial charge in [0.25, 0.3) is 5.91 Å². The summed E-state index contributed by atoms with van der Waals surface area (Å²) in [6.45, 7) is 3.80. The summed E-state index contributed by atoms with van der Waals surface area (Å²) >= 11 is 0. The summed E-state index contributed by atoms with van der Waals surface area (Å²) < 4.78 is 22.7. The first-order valence-electron chi connectivity index (χ1n) is 5.96. The molecule has 1 aromatic carbocycles. The van der Waals surface area contributed by atoms with Crippen molar-refractivity contribution in [2.45, 2.75) is 26.3 Å². The van der Waals surface area contributed by atoms with Gasteiger partial charge in [-0.1, -0.05) is 17.7 Å². The molecule has 0 bridgehead atoms. The molecule has 1 aromatic rings. The topological polar surface area (TPSA) is 63.2 Å². The van der Waals surface area contributed by atoms with Gasteiger partial charge in [-0.2, -0.15) is 0 Å². The summed E-state index contributed by atoms with van der Waals surface area (Å²) in [5, 5.41) is 2.80. The van der Waals surface area contributed by atoms with Gasteiger partial charge in [0, 0.05) is 11.6 Å². The van der Waals surface area contributed by atoms with Crippen LogP contribution in [0.25, 0.3) is 0 Å². The molecule has 1 atom stereocenters. The largest absolute Gasteiger partial charge is 0.348 e. The van der Waals surface area contributed by atoms with E-state index in [0.717, 1.165) is 11.1 Å². The number of amides is 1. The van der Waals surface area contributed by atoms with E-state index in [1.165, 1.54) is 0 Å². The summed E-state index contributed by atoms with van der Waals surface area (Å²) in [6.07, 6.45) is 0.513. The smallest absolute Gasteiger partial charge is 0.251 e. The fourth-order valence-electron chi connectivity index (χ4n) is 2.15. The van der Waals surface area contributed by atoms with Gasteiger partial charge >= 0.3 is 0 Å². The summed E-state index contributed by atoms with van der Waals surface area (Å²) in [7, 11) is -2.96. The van der Waals surface area contributed by atoms with E-state index in [1.54, 1.807) is 0 Å². The van der Waals surface area contributed by atoms with Gasteiger partial charge in [0.2, 0.25) is 0 Å². The van der Waals surface area contributed by atoms with Gasteiger partial charge in [-0.05, 0) is 31.9 Å². The molecule has 1 heterocycles. The molecule has 2 rings (SSSR count). The Morgan fingerprint density at radius 3 is 2.67 bits per heavy atom. The maximum absolute atomic E-state index is 12.1. The van der Waals surface area contributed by atoms with Crippen LogP contribution in [0.15, 0.2) is 18.2 Å². The minimum absolute atomic E-state index is 0.0591. The fraction of sp³-hybridized carbons (Fsp3) is 0.462. The molecular formula is C13H17NO3S. The van der Waals surface area contributed by atoms with E-state index in [4.69, 9.17) is 0 Å². The molecule has 0 saturated carbocycles.